The standard InChI is InChI=1S/C11H19BrN2O2/c1-14(7-8-15-2)6-5-13-9-10-3-4-11(12)16-10/h3-4,13H,5-9H2,1-2H3. The Kier molecular flexibility index (Phi) is 6.71. The van der Waals surface area contributed by atoms with Crippen LogP contribution in [0.5, 0.6) is 0 Å². The minimum Gasteiger partial charge on any atom is -0.453 e. The maximum absolute atomic E-state index is 5.38. The van der Waals surface area contributed by atoms with Crippen molar-refractivity contribution < 1.29 is 9.15 Å². The van der Waals surface area contributed by atoms with Crippen LogP contribution in [-0.2, 0) is 11.3 Å². The van der Waals surface area contributed by atoms with Crippen LogP contribution in [0.2, 0.25) is 0 Å². The van der Waals surface area contributed by atoms with Gasteiger partial charge in [0.15, 0.2) is 4.67 Å². The van der Waals surface area contributed by atoms with Crippen LogP contribution in [0.3, 0.4) is 0 Å². The topological polar surface area (TPSA) is 37.6 Å². The molecule has 0 fully saturated rings. The van der Waals surface area contributed by atoms with Gasteiger partial charge in [0.2, 0.25) is 0 Å². The Morgan fingerprint density at radius 3 is 2.88 bits per heavy atom. The van der Waals surface area contributed by atoms with Crippen LogP contribution < -0.4 is 5.32 Å². The average Bonchev–Trinajstić information content (AvgIpc) is 2.67. The summed E-state index contributed by atoms with van der Waals surface area (Å²) in [5.74, 6) is 0.950. The van der Waals surface area contributed by atoms with Crippen LogP contribution in [0.25, 0.3) is 0 Å². The molecule has 0 aliphatic carbocycles. The molecule has 4 nitrogen and oxygen atoms in total. The van der Waals surface area contributed by atoms with E-state index >= 15 is 0 Å². The zero-order valence-electron chi connectivity index (χ0n) is 9.83. The molecule has 1 N–H and O–H groups in total. The number of furan rings is 1. The first-order valence-corrected chi connectivity index (χ1v) is 6.14. The Hall–Kier alpha value is -0.360. The first kappa shape index (κ1) is 13.7. The molecule has 0 aliphatic rings. The number of nitrogens with zero attached hydrogens (tertiary/aromatic N) is 1. The minimum atomic E-state index is 0.768. The lowest BCUT2D eigenvalue weighted by molar-refractivity contribution is 0.161. The number of halogens is 1. The van der Waals surface area contributed by atoms with Gasteiger partial charge in [0, 0.05) is 26.7 Å². The van der Waals surface area contributed by atoms with Gasteiger partial charge in [0.05, 0.1) is 13.2 Å². The quantitative estimate of drug-likeness (QED) is 0.740. The van der Waals surface area contributed by atoms with Gasteiger partial charge >= 0.3 is 0 Å². The largest absolute Gasteiger partial charge is 0.453 e. The van der Waals surface area contributed by atoms with Gasteiger partial charge in [-0.1, -0.05) is 0 Å². The molecule has 1 rings (SSSR count). The van der Waals surface area contributed by atoms with Gasteiger partial charge in [-0.3, -0.25) is 0 Å². The summed E-state index contributed by atoms with van der Waals surface area (Å²) in [4.78, 5) is 2.23. The van der Waals surface area contributed by atoms with Crippen molar-refractivity contribution in [3.05, 3.63) is 22.6 Å². The molecule has 1 aromatic rings. The van der Waals surface area contributed by atoms with Gasteiger partial charge < -0.3 is 19.4 Å². The zero-order valence-corrected chi connectivity index (χ0v) is 11.4. The van der Waals surface area contributed by atoms with Gasteiger partial charge in [-0.05, 0) is 35.1 Å². The minimum absolute atomic E-state index is 0.768. The van der Waals surface area contributed by atoms with Crippen LogP contribution in [0.4, 0.5) is 0 Å². The van der Waals surface area contributed by atoms with Gasteiger partial charge in [0.1, 0.15) is 5.76 Å². The summed E-state index contributed by atoms with van der Waals surface area (Å²) in [6.45, 7) is 4.46. The van der Waals surface area contributed by atoms with Gasteiger partial charge in [0.25, 0.3) is 0 Å². The highest BCUT2D eigenvalue weighted by Gasteiger charge is 2.00. The summed E-state index contributed by atoms with van der Waals surface area (Å²) in [6, 6.07) is 3.87. The summed E-state index contributed by atoms with van der Waals surface area (Å²) in [5, 5.41) is 3.33. The molecule has 1 aromatic heterocycles. The molecule has 0 atom stereocenters. The van der Waals surface area contributed by atoms with E-state index in [2.05, 4.69) is 33.2 Å². The van der Waals surface area contributed by atoms with Crippen LogP contribution in [0, 0.1) is 0 Å². The Morgan fingerprint density at radius 1 is 1.44 bits per heavy atom. The van der Waals surface area contributed by atoms with E-state index in [1.165, 1.54) is 0 Å². The molecule has 0 unspecified atom stereocenters. The molecule has 16 heavy (non-hydrogen) atoms. The highest BCUT2D eigenvalue weighted by Crippen LogP contribution is 2.13. The molecule has 0 aromatic carbocycles. The van der Waals surface area contributed by atoms with Crippen molar-refractivity contribution in [1.82, 2.24) is 10.2 Å². The third kappa shape index (κ3) is 5.65. The maximum Gasteiger partial charge on any atom is 0.169 e. The van der Waals surface area contributed by atoms with Gasteiger partial charge in [-0.25, -0.2) is 0 Å². The fourth-order valence-electron chi connectivity index (χ4n) is 1.29. The molecule has 0 amide bonds. The monoisotopic (exact) mass is 290 g/mol. The lowest BCUT2D eigenvalue weighted by Crippen LogP contribution is -2.31. The number of nitrogens with one attached hydrogen (secondary N) is 1. The van der Waals surface area contributed by atoms with Crippen LogP contribution >= 0.6 is 15.9 Å². The number of rotatable bonds is 8. The zero-order chi connectivity index (χ0) is 11.8. The molecule has 0 saturated heterocycles. The number of hydrogen-bond donors (Lipinski definition) is 1. The SMILES string of the molecule is COCCN(C)CCNCc1ccc(Br)o1. The first-order chi connectivity index (χ1) is 7.72. The summed E-state index contributed by atoms with van der Waals surface area (Å²) < 4.78 is 11.2. The first-order valence-electron chi connectivity index (χ1n) is 5.35. The van der Waals surface area contributed by atoms with Crippen molar-refractivity contribution in [3.8, 4) is 0 Å². The van der Waals surface area contributed by atoms with Crippen molar-refractivity contribution >= 4 is 15.9 Å². The van der Waals surface area contributed by atoms with E-state index in [-0.39, 0.29) is 0 Å². The number of methoxy groups -OCH3 is 1. The highest BCUT2D eigenvalue weighted by atomic mass is 79.9. The van der Waals surface area contributed by atoms with Crippen molar-refractivity contribution in [3.63, 3.8) is 0 Å². The Morgan fingerprint density at radius 2 is 2.25 bits per heavy atom. The lowest BCUT2D eigenvalue weighted by atomic mass is 10.4. The van der Waals surface area contributed by atoms with E-state index in [4.69, 9.17) is 9.15 Å². The van der Waals surface area contributed by atoms with Gasteiger partial charge in [-0.15, -0.1) is 0 Å². The summed E-state index contributed by atoms with van der Waals surface area (Å²) >= 11 is 3.28. The number of hydrogen-bond acceptors (Lipinski definition) is 4. The number of likely N-dealkylation sites (N-methyl/N-ethyl adjacent to an activating group) is 1. The van der Waals surface area contributed by atoms with Crippen molar-refractivity contribution in [2.24, 2.45) is 0 Å². The molecule has 0 saturated carbocycles. The van der Waals surface area contributed by atoms with Crippen LogP contribution in [-0.4, -0.2) is 45.3 Å². The second-order valence-electron chi connectivity index (χ2n) is 3.68. The normalized spacial score (nSPS) is 11.2. The van der Waals surface area contributed by atoms with E-state index in [1.807, 2.05) is 12.1 Å². The summed E-state index contributed by atoms with van der Waals surface area (Å²) in [7, 11) is 3.81. The molecular formula is C11H19BrN2O2. The summed E-state index contributed by atoms with van der Waals surface area (Å²) in [5.41, 5.74) is 0. The second-order valence-corrected chi connectivity index (χ2v) is 4.46. The molecule has 0 spiro atoms. The third-order valence-electron chi connectivity index (χ3n) is 2.28. The summed E-state index contributed by atoms with van der Waals surface area (Å²) in [6.07, 6.45) is 0. The molecule has 0 aliphatic heterocycles. The third-order valence-corrected chi connectivity index (χ3v) is 2.70. The van der Waals surface area contributed by atoms with E-state index in [1.54, 1.807) is 7.11 Å². The van der Waals surface area contributed by atoms with Gasteiger partial charge in [-0.2, -0.15) is 0 Å². The Balaban J connectivity index is 2.03. The molecule has 92 valence electrons. The Labute approximate surface area is 105 Å². The maximum atomic E-state index is 5.38. The molecular weight excluding hydrogens is 272 g/mol. The molecule has 5 heteroatoms. The van der Waals surface area contributed by atoms with Crippen LogP contribution in [0.15, 0.2) is 21.2 Å². The van der Waals surface area contributed by atoms with Crippen molar-refractivity contribution in [2.45, 2.75) is 6.54 Å². The van der Waals surface area contributed by atoms with Crippen LogP contribution in [0.1, 0.15) is 5.76 Å². The fraction of sp³-hybridized carbons (Fsp3) is 0.636. The second kappa shape index (κ2) is 7.84. The van der Waals surface area contributed by atoms with E-state index in [0.29, 0.717) is 0 Å². The molecule has 0 bridgehead atoms. The Bertz CT molecular complexity index is 291. The van der Waals surface area contributed by atoms with E-state index in [9.17, 15) is 0 Å². The molecule has 1 heterocycles. The predicted molar refractivity (Wildman–Crippen MR) is 67.5 cm³/mol. The predicted octanol–water partition coefficient (Wildman–Crippen LogP) is 1.71. The smallest absolute Gasteiger partial charge is 0.169 e. The van der Waals surface area contributed by atoms with E-state index < -0.39 is 0 Å². The average molecular weight is 291 g/mol. The fourth-order valence-corrected chi connectivity index (χ4v) is 1.63. The van der Waals surface area contributed by atoms with Crippen molar-refractivity contribution in [1.29, 1.82) is 0 Å². The number of ether oxygens (including phenoxy) is 1. The van der Waals surface area contributed by atoms with Crippen molar-refractivity contribution in [2.75, 3.05) is 40.4 Å². The molecule has 0 radical (unpaired) electrons. The lowest BCUT2D eigenvalue weighted by Gasteiger charge is -2.15. The van der Waals surface area contributed by atoms with E-state index in [0.717, 1.165) is 43.2 Å². The highest BCUT2D eigenvalue weighted by molar-refractivity contribution is 9.10.